The van der Waals surface area contributed by atoms with Crippen molar-refractivity contribution in [1.29, 1.82) is 0 Å². The monoisotopic (exact) mass is 315 g/mol. The lowest BCUT2D eigenvalue weighted by Gasteiger charge is -2.37. The zero-order chi connectivity index (χ0) is 16.6. The zero-order valence-electron chi connectivity index (χ0n) is 12.8. The molecule has 0 saturated heterocycles. The summed E-state index contributed by atoms with van der Waals surface area (Å²) in [6, 6.07) is 3.89. The van der Waals surface area contributed by atoms with Crippen molar-refractivity contribution >= 4 is 16.0 Å². The maximum Gasteiger partial charge on any atom is 0.335 e. The van der Waals surface area contributed by atoms with Gasteiger partial charge in [-0.25, -0.2) is 17.9 Å². The summed E-state index contributed by atoms with van der Waals surface area (Å²) in [4.78, 5) is 10.9. The maximum absolute atomic E-state index is 12.4. The van der Waals surface area contributed by atoms with Crippen LogP contribution in [0.1, 0.15) is 43.6 Å². The van der Waals surface area contributed by atoms with Gasteiger partial charge in [0.1, 0.15) is 0 Å². The van der Waals surface area contributed by atoms with Gasteiger partial charge in [-0.2, -0.15) is 0 Å². The number of rotatable bonds is 5. The van der Waals surface area contributed by atoms with Crippen LogP contribution in [0.5, 0.6) is 0 Å². The molecule has 1 aromatic carbocycles. The van der Waals surface area contributed by atoms with E-state index in [0.29, 0.717) is 5.56 Å². The molecule has 0 aliphatic carbocycles. The van der Waals surface area contributed by atoms with Crippen molar-refractivity contribution in [3.63, 3.8) is 0 Å². The van der Waals surface area contributed by atoms with Crippen LogP contribution in [0.4, 0.5) is 0 Å². The number of carboxylic acids is 1. The molecule has 0 heterocycles. The molecule has 6 nitrogen and oxygen atoms in total. The fourth-order valence-corrected chi connectivity index (χ4v) is 3.08. The average molecular weight is 315 g/mol. The normalized spacial score (nSPS) is 13.2. The van der Waals surface area contributed by atoms with E-state index in [4.69, 9.17) is 5.11 Å². The van der Waals surface area contributed by atoms with Crippen LogP contribution in [0.2, 0.25) is 0 Å². The summed E-state index contributed by atoms with van der Waals surface area (Å²) in [6.45, 7) is 7.68. The van der Waals surface area contributed by atoms with Crippen molar-refractivity contribution in [2.75, 3.05) is 0 Å². The van der Waals surface area contributed by atoms with Crippen LogP contribution in [0.3, 0.4) is 0 Å². The van der Waals surface area contributed by atoms with Crippen molar-refractivity contribution < 1.29 is 23.4 Å². The van der Waals surface area contributed by atoms with E-state index in [1.807, 2.05) is 0 Å². The molecule has 0 fully saturated rings. The molecule has 0 saturated carbocycles. The third-order valence-corrected chi connectivity index (χ3v) is 5.32. The molecule has 0 radical (unpaired) electrons. The molecule has 0 unspecified atom stereocenters. The predicted octanol–water partition coefficient (Wildman–Crippen LogP) is 1.52. The number of sulfonamides is 1. The van der Waals surface area contributed by atoms with Gasteiger partial charge in [-0.05, 0) is 52.3 Å². The molecule has 0 aliphatic heterocycles. The minimum Gasteiger partial charge on any atom is -0.478 e. The highest BCUT2D eigenvalue weighted by Gasteiger charge is 2.39. The van der Waals surface area contributed by atoms with E-state index >= 15 is 0 Å². The number of carbonyl (C=O) groups is 1. The standard InChI is InChI=1S/C14H21NO5S/c1-9-6-7-10(8-11(9)12(16)17)21(19,20)15-13(2,3)14(4,5)18/h6-8,15,18H,1-5H3,(H,16,17). The minimum absolute atomic E-state index is 0.0704. The smallest absolute Gasteiger partial charge is 0.335 e. The highest BCUT2D eigenvalue weighted by atomic mass is 32.2. The minimum atomic E-state index is -3.95. The summed E-state index contributed by atoms with van der Waals surface area (Å²) in [5.41, 5.74) is -2.01. The number of aliphatic hydroxyl groups is 1. The van der Waals surface area contributed by atoms with Gasteiger partial charge in [-0.15, -0.1) is 0 Å². The van der Waals surface area contributed by atoms with Crippen LogP contribution in [-0.4, -0.2) is 35.7 Å². The van der Waals surface area contributed by atoms with E-state index in [-0.39, 0.29) is 10.5 Å². The van der Waals surface area contributed by atoms with Crippen molar-refractivity contribution in [2.24, 2.45) is 0 Å². The van der Waals surface area contributed by atoms with Gasteiger partial charge in [0.05, 0.1) is 21.6 Å². The summed E-state index contributed by atoms with van der Waals surface area (Å²) in [7, 11) is -3.95. The molecule has 0 atom stereocenters. The summed E-state index contributed by atoms with van der Waals surface area (Å²) >= 11 is 0. The number of aryl methyl sites for hydroxylation is 1. The molecular weight excluding hydrogens is 294 g/mol. The van der Waals surface area contributed by atoms with Crippen molar-refractivity contribution in [3.8, 4) is 0 Å². The molecular formula is C14H21NO5S. The summed E-state index contributed by atoms with van der Waals surface area (Å²) in [6.07, 6.45) is 0. The third kappa shape index (κ3) is 3.81. The van der Waals surface area contributed by atoms with Gasteiger partial charge in [-0.1, -0.05) is 6.07 Å². The first kappa shape index (κ1) is 17.6. The predicted molar refractivity (Wildman–Crippen MR) is 78.8 cm³/mol. The van der Waals surface area contributed by atoms with Gasteiger partial charge in [-0.3, -0.25) is 0 Å². The van der Waals surface area contributed by atoms with Crippen molar-refractivity contribution in [3.05, 3.63) is 29.3 Å². The van der Waals surface area contributed by atoms with E-state index in [2.05, 4.69) is 4.72 Å². The molecule has 1 rings (SSSR count). The Morgan fingerprint density at radius 3 is 2.14 bits per heavy atom. The van der Waals surface area contributed by atoms with E-state index in [9.17, 15) is 18.3 Å². The maximum atomic E-state index is 12.4. The molecule has 21 heavy (non-hydrogen) atoms. The molecule has 0 spiro atoms. The second-order valence-electron chi connectivity index (χ2n) is 6.07. The molecule has 7 heteroatoms. The first-order valence-corrected chi connectivity index (χ1v) is 7.86. The van der Waals surface area contributed by atoms with Gasteiger partial charge in [0, 0.05) is 0 Å². The number of aromatic carboxylic acids is 1. The van der Waals surface area contributed by atoms with Crippen LogP contribution >= 0.6 is 0 Å². The highest BCUT2D eigenvalue weighted by molar-refractivity contribution is 7.89. The topological polar surface area (TPSA) is 104 Å². The number of nitrogens with one attached hydrogen (secondary N) is 1. The first-order valence-electron chi connectivity index (χ1n) is 6.38. The molecule has 118 valence electrons. The van der Waals surface area contributed by atoms with E-state index < -0.39 is 27.1 Å². The van der Waals surface area contributed by atoms with Gasteiger partial charge < -0.3 is 10.2 Å². The lowest BCUT2D eigenvalue weighted by atomic mass is 9.87. The molecule has 0 bridgehead atoms. The Bertz CT molecular complexity index is 656. The molecule has 1 aromatic rings. The summed E-state index contributed by atoms with van der Waals surface area (Å²) in [5, 5.41) is 19.1. The van der Waals surface area contributed by atoms with Crippen LogP contribution in [-0.2, 0) is 10.0 Å². The second-order valence-corrected chi connectivity index (χ2v) is 7.75. The Morgan fingerprint density at radius 2 is 1.71 bits per heavy atom. The Labute approximate surface area is 124 Å². The first-order chi connectivity index (χ1) is 9.28. The fourth-order valence-electron chi connectivity index (χ4n) is 1.52. The Balaban J connectivity index is 3.27. The lowest BCUT2D eigenvalue weighted by molar-refractivity contribution is 0.00638. The van der Waals surface area contributed by atoms with Crippen LogP contribution < -0.4 is 4.72 Å². The van der Waals surface area contributed by atoms with Gasteiger partial charge in [0.15, 0.2) is 0 Å². The second kappa shape index (κ2) is 5.40. The average Bonchev–Trinajstić information content (AvgIpc) is 2.25. The Morgan fingerprint density at radius 1 is 1.19 bits per heavy atom. The number of hydrogen-bond acceptors (Lipinski definition) is 4. The van der Waals surface area contributed by atoms with Crippen LogP contribution in [0.15, 0.2) is 23.1 Å². The number of carboxylic acid groups (broad SMARTS) is 1. The SMILES string of the molecule is Cc1ccc(S(=O)(=O)NC(C)(C)C(C)(C)O)cc1C(=O)O. The van der Waals surface area contributed by atoms with Gasteiger partial charge in [0.25, 0.3) is 0 Å². The molecule has 0 aliphatic rings. The highest BCUT2D eigenvalue weighted by Crippen LogP contribution is 2.24. The van der Waals surface area contributed by atoms with Crippen LogP contribution in [0.25, 0.3) is 0 Å². The van der Waals surface area contributed by atoms with Gasteiger partial charge in [0.2, 0.25) is 10.0 Å². The molecule has 0 amide bonds. The Kier molecular flexibility index (Phi) is 4.53. The summed E-state index contributed by atoms with van der Waals surface area (Å²) < 4.78 is 27.1. The van der Waals surface area contributed by atoms with Gasteiger partial charge >= 0.3 is 5.97 Å². The lowest BCUT2D eigenvalue weighted by Crippen LogP contribution is -2.57. The van der Waals surface area contributed by atoms with E-state index in [0.717, 1.165) is 6.07 Å². The molecule has 3 N–H and O–H groups in total. The third-order valence-electron chi connectivity index (χ3n) is 3.67. The quantitative estimate of drug-likeness (QED) is 0.764. The zero-order valence-corrected chi connectivity index (χ0v) is 13.6. The van der Waals surface area contributed by atoms with Crippen molar-refractivity contribution in [1.82, 2.24) is 4.72 Å². The van der Waals surface area contributed by atoms with E-state index in [1.54, 1.807) is 20.8 Å². The summed E-state index contributed by atoms with van der Waals surface area (Å²) in [5.74, 6) is -1.19. The Hall–Kier alpha value is -1.44. The molecule has 0 aromatic heterocycles. The largest absolute Gasteiger partial charge is 0.478 e. The van der Waals surface area contributed by atoms with Crippen LogP contribution in [0, 0.1) is 6.92 Å². The number of hydrogen-bond donors (Lipinski definition) is 3. The van der Waals surface area contributed by atoms with Crippen molar-refractivity contribution in [2.45, 2.75) is 50.7 Å². The van der Waals surface area contributed by atoms with E-state index in [1.165, 1.54) is 26.0 Å². The fraction of sp³-hybridized carbons (Fsp3) is 0.500. The number of benzene rings is 1.